The second-order valence-electron chi connectivity index (χ2n) is 9.69. The van der Waals surface area contributed by atoms with E-state index in [1.54, 1.807) is 6.07 Å². The lowest BCUT2D eigenvalue weighted by Gasteiger charge is -2.36. The van der Waals surface area contributed by atoms with Gasteiger partial charge in [0, 0.05) is 31.7 Å². The van der Waals surface area contributed by atoms with Gasteiger partial charge in [-0.15, -0.1) is 0 Å². The van der Waals surface area contributed by atoms with E-state index in [0.717, 1.165) is 76.9 Å². The smallest absolute Gasteiger partial charge is 0.292 e. The first-order valence-electron chi connectivity index (χ1n) is 12.8. The van der Waals surface area contributed by atoms with Gasteiger partial charge in [0.15, 0.2) is 0 Å². The van der Waals surface area contributed by atoms with Crippen molar-refractivity contribution in [2.24, 2.45) is 0 Å². The third-order valence-corrected chi connectivity index (χ3v) is 7.07. The summed E-state index contributed by atoms with van der Waals surface area (Å²) in [5.74, 6) is 0. The van der Waals surface area contributed by atoms with Gasteiger partial charge in [0.25, 0.3) is 5.69 Å². The number of anilines is 1. The van der Waals surface area contributed by atoms with Crippen molar-refractivity contribution < 1.29 is 15.1 Å². The van der Waals surface area contributed by atoms with Gasteiger partial charge in [0.1, 0.15) is 5.69 Å². The molecule has 2 aliphatic rings. The maximum atomic E-state index is 11.6. The molecule has 2 aliphatic heterocycles. The predicted octanol–water partition coefficient (Wildman–Crippen LogP) is 3.76. The van der Waals surface area contributed by atoms with Crippen LogP contribution in [0, 0.1) is 10.1 Å². The molecule has 33 heavy (non-hydrogen) atoms. The van der Waals surface area contributed by atoms with Crippen LogP contribution < -0.4 is 5.32 Å². The Bertz CT molecular complexity index is 724. The van der Waals surface area contributed by atoms with Crippen LogP contribution in [0.3, 0.4) is 0 Å². The highest BCUT2D eigenvalue weighted by atomic mass is 16.6. The van der Waals surface area contributed by atoms with Crippen LogP contribution in [0.1, 0.15) is 69.8 Å². The molecule has 0 aliphatic carbocycles. The largest absolute Gasteiger partial charge is 0.395 e. The van der Waals surface area contributed by atoms with Gasteiger partial charge in [-0.1, -0.05) is 31.7 Å². The van der Waals surface area contributed by atoms with Gasteiger partial charge in [-0.05, 0) is 69.8 Å². The maximum Gasteiger partial charge on any atom is 0.292 e. The molecule has 0 aromatic heterocycles. The van der Waals surface area contributed by atoms with Gasteiger partial charge in [-0.25, -0.2) is 0 Å². The van der Waals surface area contributed by atoms with E-state index in [1.807, 2.05) is 12.1 Å². The Kier molecular flexibility index (Phi) is 10.9. The number of piperidine rings is 1. The fourth-order valence-corrected chi connectivity index (χ4v) is 5.11. The normalized spacial score (nSPS) is 22.7. The number of unbranched alkanes of at least 4 members (excludes halogenated alkanes) is 3. The van der Waals surface area contributed by atoms with Gasteiger partial charge in [-0.2, -0.15) is 0 Å². The first-order valence-corrected chi connectivity index (χ1v) is 12.8. The first kappa shape index (κ1) is 25.9. The zero-order valence-corrected chi connectivity index (χ0v) is 20.0. The summed E-state index contributed by atoms with van der Waals surface area (Å²) in [5.41, 5.74) is 1.79. The number of hydrogen-bond donors (Lipinski definition) is 3. The summed E-state index contributed by atoms with van der Waals surface area (Å²) in [4.78, 5) is 16.1. The van der Waals surface area contributed by atoms with Crippen molar-refractivity contribution in [3.63, 3.8) is 0 Å². The molecule has 0 radical (unpaired) electrons. The van der Waals surface area contributed by atoms with Crippen molar-refractivity contribution in [2.75, 3.05) is 44.6 Å². The number of nitro benzene ring substituents is 1. The SMILES string of the molecule is O=[N+]([O-])c1cc(CN2CCCCCC2)ccc1NCCCCCCN1CC[C@@H](O)C[C@H]1CO. The highest BCUT2D eigenvalue weighted by Gasteiger charge is 2.26. The van der Waals surface area contributed by atoms with Crippen molar-refractivity contribution in [1.29, 1.82) is 0 Å². The molecule has 2 atom stereocenters. The molecule has 0 bridgehead atoms. The number of nitro groups is 1. The van der Waals surface area contributed by atoms with E-state index < -0.39 is 0 Å². The molecule has 3 rings (SSSR count). The van der Waals surface area contributed by atoms with Gasteiger partial charge in [0.05, 0.1) is 17.6 Å². The molecule has 0 amide bonds. The molecule has 186 valence electrons. The third-order valence-electron chi connectivity index (χ3n) is 7.07. The molecule has 1 aromatic rings. The Hall–Kier alpha value is -1.74. The highest BCUT2D eigenvalue weighted by molar-refractivity contribution is 5.62. The van der Waals surface area contributed by atoms with E-state index in [4.69, 9.17) is 0 Å². The Labute approximate surface area is 198 Å². The maximum absolute atomic E-state index is 11.6. The van der Waals surface area contributed by atoms with Crippen LogP contribution in [0.25, 0.3) is 0 Å². The zero-order chi connectivity index (χ0) is 23.5. The van der Waals surface area contributed by atoms with E-state index >= 15 is 0 Å². The van der Waals surface area contributed by atoms with E-state index in [1.165, 1.54) is 25.7 Å². The van der Waals surface area contributed by atoms with Crippen LogP contribution in [0.5, 0.6) is 0 Å². The highest BCUT2D eigenvalue weighted by Crippen LogP contribution is 2.27. The number of likely N-dealkylation sites (tertiary alicyclic amines) is 2. The second-order valence-corrected chi connectivity index (χ2v) is 9.69. The number of benzene rings is 1. The summed E-state index contributed by atoms with van der Waals surface area (Å²) in [6.07, 6.45) is 10.4. The minimum absolute atomic E-state index is 0.0818. The van der Waals surface area contributed by atoms with Crippen molar-refractivity contribution in [3.8, 4) is 0 Å². The minimum atomic E-state index is -0.281. The Morgan fingerprint density at radius 2 is 1.82 bits per heavy atom. The number of aliphatic hydroxyl groups excluding tert-OH is 2. The number of rotatable bonds is 12. The lowest BCUT2D eigenvalue weighted by Crippen LogP contribution is -2.46. The summed E-state index contributed by atoms with van der Waals surface area (Å²) in [6, 6.07) is 5.71. The molecule has 0 spiro atoms. The minimum Gasteiger partial charge on any atom is -0.395 e. The summed E-state index contributed by atoms with van der Waals surface area (Å²) < 4.78 is 0. The topological polar surface area (TPSA) is 102 Å². The van der Waals surface area contributed by atoms with Crippen molar-refractivity contribution in [3.05, 3.63) is 33.9 Å². The second kappa shape index (κ2) is 13.8. The average molecular weight is 463 g/mol. The van der Waals surface area contributed by atoms with Gasteiger partial charge in [-0.3, -0.25) is 19.9 Å². The molecule has 0 unspecified atom stereocenters. The van der Waals surface area contributed by atoms with Gasteiger partial charge in [0.2, 0.25) is 0 Å². The van der Waals surface area contributed by atoms with Gasteiger partial charge < -0.3 is 15.5 Å². The molecule has 3 N–H and O–H groups in total. The predicted molar refractivity (Wildman–Crippen MR) is 131 cm³/mol. The summed E-state index contributed by atoms with van der Waals surface area (Å²) in [7, 11) is 0. The molecule has 2 heterocycles. The fourth-order valence-electron chi connectivity index (χ4n) is 5.11. The molecule has 0 saturated carbocycles. The van der Waals surface area contributed by atoms with Crippen LogP contribution in [0.2, 0.25) is 0 Å². The van der Waals surface area contributed by atoms with Crippen molar-refractivity contribution in [1.82, 2.24) is 9.80 Å². The van der Waals surface area contributed by atoms with Crippen LogP contribution >= 0.6 is 0 Å². The lowest BCUT2D eigenvalue weighted by atomic mass is 9.99. The Balaban J connectivity index is 1.37. The van der Waals surface area contributed by atoms with E-state index in [2.05, 4.69) is 15.1 Å². The molecular weight excluding hydrogens is 420 g/mol. The molecular formula is C25H42N4O4. The molecule has 8 nitrogen and oxygen atoms in total. The van der Waals surface area contributed by atoms with Crippen molar-refractivity contribution in [2.45, 2.75) is 82.9 Å². The zero-order valence-electron chi connectivity index (χ0n) is 20.0. The molecule has 8 heteroatoms. The Morgan fingerprint density at radius 1 is 1.06 bits per heavy atom. The standard InChI is InChI=1S/C25H42N4O4/c30-20-22-18-23(31)11-16-28(22)15-8-2-1-5-12-26-24-10-9-21(17-25(24)29(32)33)19-27-13-6-3-4-7-14-27/h9-10,17,22-23,26,30-31H,1-8,11-16,18-20H2/t22-,23+/m0/s1. The third kappa shape index (κ3) is 8.52. The monoisotopic (exact) mass is 462 g/mol. The number of hydrogen-bond acceptors (Lipinski definition) is 7. The number of nitrogens with zero attached hydrogens (tertiary/aromatic N) is 3. The average Bonchev–Trinajstić information content (AvgIpc) is 3.08. The molecule has 2 saturated heterocycles. The van der Waals surface area contributed by atoms with Crippen LogP contribution in [-0.2, 0) is 6.54 Å². The number of aliphatic hydroxyl groups is 2. The van der Waals surface area contributed by atoms with E-state index in [0.29, 0.717) is 12.1 Å². The van der Waals surface area contributed by atoms with E-state index in [-0.39, 0.29) is 29.4 Å². The van der Waals surface area contributed by atoms with E-state index in [9.17, 15) is 20.3 Å². The summed E-state index contributed by atoms with van der Waals surface area (Å²) >= 11 is 0. The van der Waals surface area contributed by atoms with Crippen LogP contribution in [-0.4, -0.2) is 76.4 Å². The lowest BCUT2D eigenvalue weighted by molar-refractivity contribution is -0.384. The summed E-state index contributed by atoms with van der Waals surface area (Å²) in [5, 5.41) is 34.2. The van der Waals surface area contributed by atoms with Crippen LogP contribution in [0.4, 0.5) is 11.4 Å². The van der Waals surface area contributed by atoms with Gasteiger partial charge >= 0.3 is 0 Å². The van der Waals surface area contributed by atoms with Crippen molar-refractivity contribution >= 4 is 11.4 Å². The molecule has 2 fully saturated rings. The quantitative estimate of drug-likeness (QED) is 0.247. The fraction of sp³-hybridized carbons (Fsp3) is 0.760. The molecule has 1 aromatic carbocycles. The Morgan fingerprint density at radius 3 is 2.55 bits per heavy atom. The summed E-state index contributed by atoms with van der Waals surface area (Å²) in [6.45, 7) is 5.58. The van der Waals surface area contributed by atoms with Crippen LogP contribution in [0.15, 0.2) is 18.2 Å². The first-order chi connectivity index (χ1) is 16.1. The number of nitrogens with one attached hydrogen (secondary N) is 1.